The number of nitrogens with zero attached hydrogens (tertiary/aromatic N) is 2. The average Bonchev–Trinajstić information content (AvgIpc) is 3.40. The molecule has 2 heterocycles. The van der Waals surface area contributed by atoms with Crippen molar-refractivity contribution in [2.24, 2.45) is 0 Å². The first-order chi connectivity index (χ1) is 14.5. The molecule has 1 unspecified atom stereocenters. The topological polar surface area (TPSA) is 68.7 Å². The molecule has 2 aromatic carbocycles. The van der Waals surface area contributed by atoms with Crippen LogP contribution in [0.1, 0.15) is 39.1 Å². The van der Waals surface area contributed by atoms with Crippen molar-refractivity contribution in [3.05, 3.63) is 58.1 Å². The van der Waals surface area contributed by atoms with Gasteiger partial charge in [-0.15, -0.1) is 0 Å². The fourth-order valence-corrected chi connectivity index (χ4v) is 5.03. The molecule has 156 valence electrons. The quantitative estimate of drug-likeness (QED) is 0.525. The second-order valence-corrected chi connectivity index (χ2v) is 8.60. The molecule has 6 nitrogen and oxygen atoms in total. The minimum Gasteiger partial charge on any atom is -0.465 e. The van der Waals surface area contributed by atoms with Gasteiger partial charge >= 0.3 is 5.97 Å². The van der Waals surface area contributed by atoms with E-state index in [1.54, 1.807) is 29.2 Å². The van der Waals surface area contributed by atoms with Crippen molar-refractivity contribution in [2.75, 3.05) is 25.2 Å². The smallest absolute Gasteiger partial charge is 0.338 e. The minimum absolute atomic E-state index is 0.0732. The van der Waals surface area contributed by atoms with Crippen LogP contribution in [-0.4, -0.2) is 43.2 Å². The summed E-state index contributed by atoms with van der Waals surface area (Å²) in [5, 5.41) is 1.18. The number of fused-ring (bicyclic) bond motifs is 1. The van der Waals surface area contributed by atoms with Gasteiger partial charge in [-0.25, -0.2) is 9.78 Å². The van der Waals surface area contributed by atoms with E-state index in [0.29, 0.717) is 23.3 Å². The Labute approximate surface area is 183 Å². The highest BCUT2D eigenvalue weighted by atomic mass is 35.5. The molecule has 0 aliphatic carbocycles. The molecule has 4 rings (SSSR count). The number of methoxy groups -OCH3 is 1. The van der Waals surface area contributed by atoms with E-state index in [9.17, 15) is 9.59 Å². The maximum absolute atomic E-state index is 13.6. The van der Waals surface area contributed by atoms with Crippen molar-refractivity contribution in [2.45, 2.75) is 25.9 Å². The summed E-state index contributed by atoms with van der Waals surface area (Å²) in [6, 6.07) is 10.4. The number of hydrogen-bond acceptors (Lipinski definition) is 6. The Bertz CT molecular complexity index is 1110. The molecule has 8 heteroatoms. The lowest BCUT2D eigenvalue weighted by molar-refractivity contribution is 0.0596. The van der Waals surface area contributed by atoms with Crippen molar-refractivity contribution in [1.82, 2.24) is 4.98 Å². The molecular weight excluding hydrogens is 424 g/mol. The third kappa shape index (κ3) is 4.05. The predicted molar refractivity (Wildman–Crippen MR) is 118 cm³/mol. The Morgan fingerprint density at radius 1 is 1.30 bits per heavy atom. The zero-order valence-electron chi connectivity index (χ0n) is 16.7. The van der Waals surface area contributed by atoms with Crippen LogP contribution in [0.2, 0.25) is 5.02 Å². The number of ether oxygens (including phenoxy) is 2. The molecule has 1 fully saturated rings. The summed E-state index contributed by atoms with van der Waals surface area (Å²) < 4.78 is 11.5. The Kier molecular flexibility index (Phi) is 6.04. The van der Waals surface area contributed by atoms with E-state index in [4.69, 9.17) is 26.1 Å². The number of carbonyl (C=O) groups is 2. The zero-order valence-corrected chi connectivity index (χ0v) is 18.3. The molecule has 0 radical (unpaired) electrons. The molecule has 0 bridgehead atoms. The molecule has 0 saturated carbocycles. The summed E-state index contributed by atoms with van der Waals surface area (Å²) in [5.74, 6) is -0.864. The van der Waals surface area contributed by atoms with Crippen molar-refractivity contribution in [3.8, 4) is 0 Å². The second-order valence-electron chi connectivity index (χ2n) is 7.15. The molecule has 1 amide bonds. The fourth-order valence-electron chi connectivity index (χ4n) is 3.60. The first-order valence-electron chi connectivity index (χ1n) is 9.65. The van der Waals surface area contributed by atoms with E-state index in [0.717, 1.165) is 28.6 Å². The Balaban J connectivity index is 1.78. The number of hydrogen-bond donors (Lipinski definition) is 0. The number of anilines is 1. The van der Waals surface area contributed by atoms with Gasteiger partial charge in [-0.2, -0.15) is 0 Å². The monoisotopic (exact) mass is 444 g/mol. The number of carbonyl (C=O) groups excluding carboxylic acids is 2. The Morgan fingerprint density at radius 2 is 2.07 bits per heavy atom. The molecule has 3 aromatic rings. The fraction of sp³-hybridized carbons (Fsp3) is 0.318. The Morgan fingerprint density at radius 3 is 2.77 bits per heavy atom. The number of rotatable bonds is 5. The van der Waals surface area contributed by atoms with E-state index in [1.165, 1.54) is 18.4 Å². The standard InChI is InChI=1S/C22H21ClN2O4S/c1-13-10-14(23)11-18-19(13)24-22(30-18)25(12-15-6-5-9-29-15)20(26)16-7-3-4-8-17(16)21(27)28-2/h3-4,7-8,10-11,15H,5-6,9,12H2,1-2H3. The molecule has 1 atom stereocenters. The first kappa shape index (κ1) is 20.8. The number of thiazole rings is 1. The van der Waals surface area contributed by atoms with Crippen molar-refractivity contribution >= 4 is 50.2 Å². The summed E-state index contributed by atoms with van der Waals surface area (Å²) in [4.78, 5) is 32.2. The SMILES string of the molecule is COC(=O)c1ccccc1C(=O)N(CC1CCCO1)c1nc2c(C)cc(Cl)cc2s1. The van der Waals surface area contributed by atoms with Gasteiger partial charge in [-0.3, -0.25) is 9.69 Å². The van der Waals surface area contributed by atoms with Gasteiger partial charge in [-0.1, -0.05) is 35.1 Å². The highest BCUT2D eigenvalue weighted by molar-refractivity contribution is 7.22. The summed E-state index contributed by atoms with van der Waals surface area (Å²) in [6.45, 7) is 2.98. The number of esters is 1. The lowest BCUT2D eigenvalue weighted by Crippen LogP contribution is -2.38. The van der Waals surface area contributed by atoms with Gasteiger partial charge in [0.1, 0.15) is 0 Å². The molecule has 1 aliphatic rings. The number of benzene rings is 2. The van der Waals surface area contributed by atoms with Crippen molar-refractivity contribution < 1.29 is 19.1 Å². The van der Waals surface area contributed by atoms with Crippen LogP contribution in [0, 0.1) is 6.92 Å². The largest absolute Gasteiger partial charge is 0.465 e. The van der Waals surface area contributed by atoms with E-state index in [-0.39, 0.29) is 23.1 Å². The van der Waals surface area contributed by atoms with Gasteiger partial charge < -0.3 is 9.47 Å². The number of amides is 1. The maximum atomic E-state index is 13.6. The molecule has 1 aromatic heterocycles. The average molecular weight is 445 g/mol. The number of halogens is 1. The second kappa shape index (κ2) is 8.71. The normalized spacial score (nSPS) is 16.0. The van der Waals surface area contributed by atoms with Crippen LogP contribution in [0.3, 0.4) is 0 Å². The predicted octanol–water partition coefficient (Wildman–Crippen LogP) is 4.87. The van der Waals surface area contributed by atoms with Gasteiger partial charge in [0.25, 0.3) is 5.91 Å². The maximum Gasteiger partial charge on any atom is 0.338 e. The third-order valence-corrected chi connectivity index (χ3v) is 6.33. The zero-order chi connectivity index (χ0) is 21.3. The third-order valence-electron chi connectivity index (χ3n) is 5.09. The van der Waals surface area contributed by atoms with Gasteiger partial charge in [0.15, 0.2) is 5.13 Å². The summed E-state index contributed by atoms with van der Waals surface area (Å²) >= 11 is 7.61. The molecule has 30 heavy (non-hydrogen) atoms. The molecule has 1 saturated heterocycles. The molecule has 0 N–H and O–H groups in total. The van der Waals surface area contributed by atoms with Crippen LogP contribution < -0.4 is 4.90 Å². The van der Waals surface area contributed by atoms with E-state index < -0.39 is 5.97 Å². The molecule has 0 spiro atoms. The van der Waals surface area contributed by atoms with Crippen LogP contribution in [0.5, 0.6) is 0 Å². The highest BCUT2D eigenvalue weighted by Gasteiger charge is 2.29. The van der Waals surface area contributed by atoms with Crippen LogP contribution in [0.25, 0.3) is 10.2 Å². The van der Waals surface area contributed by atoms with Gasteiger partial charge in [-0.05, 0) is 49.6 Å². The highest BCUT2D eigenvalue weighted by Crippen LogP contribution is 2.34. The van der Waals surface area contributed by atoms with Crippen LogP contribution in [0.15, 0.2) is 36.4 Å². The lowest BCUT2D eigenvalue weighted by atomic mass is 10.1. The Hall–Kier alpha value is -2.48. The van der Waals surface area contributed by atoms with Crippen LogP contribution >= 0.6 is 22.9 Å². The van der Waals surface area contributed by atoms with E-state index in [1.807, 2.05) is 19.1 Å². The minimum atomic E-state index is -0.553. The molecule has 1 aliphatic heterocycles. The van der Waals surface area contributed by atoms with Gasteiger partial charge in [0.2, 0.25) is 0 Å². The molecular formula is C22H21ClN2O4S. The van der Waals surface area contributed by atoms with E-state index >= 15 is 0 Å². The first-order valence-corrected chi connectivity index (χ1v) is 10.8. The van der Waals surface area contributed by atoms with Gasteiger partial charge in [0, 0.05) is 11.6 Å². The van der Waals surface area contributed by atoms with Crippen LogP contribution in [0.4, 0.5) is 5.13 Å². The van der Waals surface area contributed by atoms with E-state index in [2.05, 4.69) is 0 Å². The van der Waals surface area contributed by atoms with Gasteiger partial charge in [0.05, 0.1) is 41.1 Å². The summed E-state index contributed by atoms with van der Waals surface area (Å²) in [6.07, 6.45) is 1.76. The number of aryl methyl sites for hydroxylation is 1. The van der Waals surface area contributed by atoms with Crippen LogP contribution in [-0.2, 0) is 9.47 Å². The van der Waals surface area contributed by atoms with Crippen molar-refractivity contribution in [3.63, 3.8) is 0 Å². The van der Waals surface area contributed by atoms with Crippen molar-refractivity contribution in [1.29, 1.82) is 0 Å². The summed E-state index contributed by atoms with van der Waals surface area (Å²) in [5.41, 5.74) is 2.25. The lowest BCUT2D eigenvalue weighted by Gasteiger charge is -2.23. The number of aromatic nitrogens is 1. The summed E-state index contributed by atoms with van der Waals surface area (Å²) in [7, 11) is 1.30.